The van der Waals surface area contributed by atoms with E-state index < -0.39 is 5.03 Å². The number of hydrogen-bond donors (Lipinski definition) is 0. The third-order valence-electron chi connectivity index (χ3n) is 5.28. The fraction of sp³-hybridized carbons (Fsp3) is 0.273. The summed E-state index contributed by atoms with van der Waals surface area (Å²) in [5.41, 5.74) is 3.17. The second kappa shape index (κ2) is 8.26. The van der Waals surface area contributed by atoms with Crippen LogP contribution in [0.1, 0.15) is 24.0 Å². The van der Waals surface area contributed by atoms with Crippen LogP contribution in [0, 0.1) is 10.1 Å². The molecule has 1 aliphatic heterocycles. The lowest BCUT2D eigenvalue weighted by molar-refractivity contribution is -0.485. The highest BCUT2D eigenvalue weighted by Crippen LogP contribution is 2.33. The summed E-state index contributed by atoms with van der Waals surface area (Å²) in [6.07, 6.45) is 6.34. The molecule has 0 aromatic heterocycles. The van der Waals surface area contributed by atoms with Gasteiger partial charge in [-0.1, -0.05) is 48.5 Å². The van der Waals surface area contributed by atoms with Crippen LogP contribution in [-0.2, 0) is 17.6 Å². The zero-order valence-corrected chi connectivity index (χ0v) is 16.2. The van der Waals surface area contributed by atoms with Crippen molar-refractivity contribution in [3.8, 4) is 0 Å². The molecule has 7 heteroatoms. The van der Waals surface area contributed by atoms with Gasteiger partial charge >= 0.3 is 5.96 Å². The Morgan fingerprint density at radius 3 is 2.66 bits per heavy atom. The lowest BCUT2D eigenvalue weighted by Gasteiger charge is -2.18. The first-order valence-electron chi connectivity index (χ1n) is 9.64. The van der Waals surface area contributed by atoms with Crippen LogP contribution in [0.3, 0.4) is 0 Å². The predicted octanol–water partition coefficient (Wildman–Crippen LogP) is 4.35. The van der Waals surface area contributed by atoms with Crippen LogP contribution < -0.4 is 0 Å². The van der Waals surface area contributed by atoms with E-state index in [4.69, 9.17) is 4.74 Å². The van der Waals surface area contributed by atoms with Crippen molar-refractivity contribution in [1.29, 1.82) is 0 Å². The van der Waals surface area contributed by atoms with Gasteiger partial charge in [0.15, 0.2) is 18.2 Å². The van der Waals surface area contributed by atoms with Gasteiger partial charge in [-0.25, -0.2) is 10.1 Å². The minimum Gasteiger partial charge on any atom is -0.462 e. The third kappa shape index (κ3) is 4.03. The zero-order valence-electron chi connectivity index (χ0n) is 16.2. The van der Waals surface area contributed by atoms with Crippen LogP contribution >= 0.6 is 0 Å². The lowest BCUT2D eigenvalue weighted by Crippen LogP contribution is -2.32. The summed E-state index contributed by atoms with van der Waals surface area (Å²) >= 11 is 0. The lowest BCUT2D eigenvalue weighted by atomic mass is 9.86. The normalized spacial score (nSPS) is 16.9. The maximum absolute atomic E-state index is 9.89. The number of rotatable bonds is 1. The van der Waals surface area contributed by atoms with Crippen molar-refractivity contribution < 1.29 is 9.77 Å². The number of aryl methyl sites for hydroxylation is 2. The quantitative estimate of drug-likeness (QED) is 0.351. The summed E-state index contributed by atoms with van der Waals surface area (Å²) in [7, 11) is 1.60. The molecule has 148 valence electrons. The number of benzene rings is 3. The second-order valence-electron chi connectivity index (χ2n) is 7.16. The van der Waals surface area contributed by atoms with E-state index in [1.807, 2.05) is 0 Å². The first kappa shape index (κ1) is 18.9. The Labute approximate surface area is 168 Å². The molecule has 0 atom stereocenters. The smallest absolute Gasteiger partial charge is 0.302 e. The minimum absolute atomic E-state index is 0.0428. The van der Waals surface area contributed by atoms with Crippen molar-refractivity contribution >= 4 is 33.9 Å². The molecule has 0 spiro atoms. The fourth-order valence-corrected chi connectivity index (χ4v) is 3.90. The van der Waals surface area contributed by atoms with Crippen LogP contribution in [0.4, 0.5) is 0 Å². The summed E-state index contributed by atoms with van der Waals surface area (Å²) in [4.78, 5) is 14.8. The second-order valence-corrected chi connectivity index (χ2v) is 7.16. The van der Waals surface area contributed by atoms with Crippen LogP contribution in [0.2, 0.25) is 0 Å². The highest BCUT2D eigenvalue weighted by molar-refractivity contribution is 6.08. The van der Waals surface area contributed by atoms with Crippen molar-refractivity contribution in [3.05, 3.63) is 69.8 Å². The Bertz CT molecular complexity index is 1120. The highest BCUT2D eigenvalue weighted by atomic mass is 16.7. The van der Waals surface area contributed by atoms with Gasteiger partial charge in [0.1, 0.15) is 5.10 Å². The number of ether oxygens (including phenoxy) is 1. The van der Waals surface area contributed by atoms with E-state index >= 15 is 0 Å². The van der Waals surface area contributed by atoms with E-state index in [1.165, 1.54) is 52.1 Å². The SMILES string of the molecule is CN1COC=NC1=N[N+](=O)[O-].c1ccc2c(c1)ccc1c3c(ccc12)CCCC3. The molecule has 0 N–H and O–H groups in total. The molecule has 0 saturated carbocycles. The summed E-state index contributed by atoms with van der Waals surface area (Å²) < 4.78 is 4.72. The van der Waals surface area contributed by atoms with Gasteiger partial charge in [0.25, 0.3) is 0 Å². The number of fused-ring (bicyclic) bond motifs is 5. The number of aliphatic imine (C=N–C) groups is 1. The van der Waals surface area contributed by atoms with Gasteiger partial charge in [-0.3, -0.25) is 0 Å². The third-order valence-corrected chi connectivity index (χ3v) is 5.28. The minimum atomic E-state index is -0.797. The van der Waals surface area contributed by atoms with Crippen molar-refractivity contribution in [2.45, 2.75) is 25.7 Å². The topological polar surface area (TPSA) is 80.3 Å². The number of hydrogen-bond acceptors (Lipinski definition) is 3. The van der Waals surface area contributed by atoms with Gasteiger partial charge < -0.3 is 9.64 Å². The van der Waals surface area contributed by atoms with E-state index in [0.29, 0.717) is 0 Å². The molecule has 1 aliphatic carbocycles. The van der Waals surface area contributed by atoms with E-state index in [1.54, 1.807) is 18.2 Å². The standard InChI is InChI=1S/C18H16.C4H6N4O3/c1-3-7-15-13(5-1)9-11-18-16-8-4-2-6-14(16)10-12-17(15)18;1-7-3-11-2-5-4(7)6-8(9)10/h1,3,5,7,9-12H,2,4,6,8H2;2H,3H2,1H3. The molecular formula is C22H22N4O3. The first-order chi connectivity index (χ1) is 14.1. The van der Waals surface area contributed by atoms with Crippen LogP contribution in [-0.4, -0.2) is 36.1 Å². The van der Waals surface area contributed by atoms with Gasteiger partial charge in [-0.05, 0) is 58.4 Å². The first-order valence-corrected chi connectivity index (χ1v) is 9.64. The Morgan fingerprint density at radius 2 is 1.83 bits per heavy atom. The molecule has 0 radical (unpaired) electrons. The molecule has 0 amide bonds. The monoisotopic (exact) mass is 390 g/mol. The summed E-state index contributed by atoms with van der Waals surface area (Å²) in [5.74, 6) is 0.0428. The Morgan fingerprint density at radius 1 is 1.03 bits per heavy atom. The molecule has 5 rings (SSSR count). The van der Waals surface area contributed by atoms with Gasteiger partial charge in [0, 0.05) is 7.05 Å². The Balaban J connectivity index is 0.000000161. The molecule has 29 heavy (non-hydrogen) atoms. The average molecular weight is 390 g/mol. The molecule has 1 heterocycles. The van der Waals surface area contributed by atoms with Crippen molar-refractivity contribution in [2.75, 3.05) is 13.8 Å². The van der Waals surface area contributed by atoms with Crippen LogP contribution in [0.25, 0.3) is 21.5 Å². The molecule has 0 fully saturated rings. The van der Waals surface area contributed by atoms with Crippen molar-refractivity contribution in [1.82, 2.24) is 4.90 Å². The van der Waals surface area contributed by atoms with Gasteiger partial charge in [-0.15, -0.1) is 0 Å². The molecule has 3 aromatic carbocycles. The summed E-state index contributed by atoms with van der Waals surface area (Å²) in [6, 6.07) is 18.0. The van der Waals surface area contributed by atoms with Crippen molar-refractivity contribution in [3.63, 3.8) is 0 Å². The maximum atomic E-state index is 9.89. The van der Waals surface area contributed by atoms with E-state index in [9.17, 15) is 10.1 Å². The van der Waals surface area contributed by atoms with E-state index in [0.717, 1.165) is 6.40 Å². The van der Waals surface area contributed by atoms with Gasteiger partial charge in [0.2, 0.25) is 0 Å². The van der Waals surface area contributed by atoms with Crippen LogP contribution in [0.15, 0.2) is 58.6 Å². The molecule has 2 aliphatic rings. The molecule has 0 bridgehead atoms. The fourth-order valence-electron chi connectivity index (χ4n) is 3.90. The average Bonchev–Trinajstić information content (AvgIpc) is 2.75. The molecular weight excluding hydrogens is 368 g/mol. The van der Waals surface area contributed by atoms with Crippen LogP contribution in [0.5, 0.6) is 0 Å². The largest absolute Gasteiger partial charge is 0.462 e. The number of hydrazone groups is 1. The number of nitrogens with zero attached hydrogens (tertiary/aromatic N) is 4. The number of nitro groups is 1. The molecule has 3 aromatic rings. The zero-order chi connectivity index (χ0) is 20.2. The maximum Gasteiger partial charge on any atom is 0.302 e. The van der Waals surface area contributed by atoms with Gasteiger partial charge in [0.05, 0.1) is 0 Å². The molecule has 7 nitrogen and oxygen atoms in total. The summed E-state index contributed by atoms with van der Waals surface area (Å²) in [5, 5.41) is 17.7. The Hall–Kier alpha value is -3.48. The predicted molar refractivity (Wildman–Crippen MR) is 115 cm³/mol. The van der Waals surface area contributed by atoms with Crippen molar-refractivity contribution in [2.24, 2.45) is 10.1 Å². The van der Waals surface area contributed by atoms with E-state index in [-0.39, 0.29) is 12.7 Å². The van der Waals surface area contributed by atoms with E-state index in [2.05, 4.69) is 58.6 Å². The summed E-state index contributed by atoms with van der Waals surface area (Å²) in [6.45, 7) is 0.232. The Kier molecular flexibility index (Phi) is 5.37. The molecule has 0 unspecified atom stereocenters. The molecule has 0 saturated heterocycles. The van der Waals surface area contributed by atoms with Gasteiger partial charge in [-0.2, -0.15) is 4.99 Å². The number of guanidine groups is 1. The highest BCUT2D eigenvalue weighted by Gasteiger charge is 2.14.